The van der Waals surface area contributed by atoms with E-state index in [1.807, 2.05) is 27.7 Å². The molecular formula is C30H42O10. The number of Topliss-reactive ketones (excluding diaryl/α,β-unsaturated/α-hetero) is 1. The zero-order valence-corrected chi connectivity index (χ0v) is 25.1. The molecule has 40 heavy (non-hydrogen) atoms. The number of carbonyl (C=O) groups is 4. The number of carbonyl (C=O) groups excluding carboxylic acids is 4. The van der Waals surface area contributed by atoms with E-state index < -0.39 is 70.5 Å². The topological polar surface area (TPSA) is 130 Å². The molecule has 5 rings (SSSR count). The van der Waals surface area contributed by atoms with Crippen LogP contribution in [0.15, 0.2) is 11.6 Å². The van der Waals surface area contributed by atoms with Crippen LogP contribution >= 0.6 is 0 Å². The second-order valence-electron chi connectivity index (χ2n) is 13.3. The highest BCUT2D eigenvalue weighted by Gasteiger charge is 2.84. The van der Waals surface area contributed by atoms with Crippen molar-refractivity contribution in [1.29, 1.82) is 0 Å². The van der Waals surface area contributed by atoms with Crippen molar-refractivity contribution in [3.05, 3.63) is 11.6 Å². The van der Waals surface area contributed by atoms with E-state index in [4.69, 9.17) is 28.4 Å². The minimum absolute atomic E-state index is 0.183. The van der Waals surface area contributed by atoms with Crippen molar-refractivity contribution in [3.63, 3.8) is 0 Å². The first-order valence-corrected chi connectivity index (χ1v) is 14.2. The van der Waals surface area contributed by atoms with Crippen LogP contribution in [0.2, 0.25) is 0 Å². The quantitative estimate of drug-likeness (QED) is 0.213. The molecule has 0 aromatic carbocycles. The van der Waals surface area contributed by atoms with Crippen LogP contribution in [-0.4, -0.2) is 78.1 Å². The van der Waals surface area contributed by atoms with E-state index in [-0.39, 0.29) is 29.6 Å². The maximum atomic E-state index is 14.5. The third-order valence-electron chi connectivity index (χ3n) is 10.3. The van der Waals surface area contributed by atoms with Gasteiger partial charge in [-0.05, 0) is 50.2 Å². The second-order valence-corrected chi connectivity index (χ2v) is 13.3. The van der Waals surface area contributed by atoms with E-state index in [0.29, 0.717) is 12.0 Å². The van der Waals surface area contributed by atoms with Crippen molar-refractivity contribution < 1.29 is 47.6 Å². The van der Waals surface area contributed by atoms with Crippen molar-refractivity contribution in [3.8, 4) is 0 Å². The normalized spacial score (nSPS) is 48.3. The van der Waals surface area contributed by atoms with Gasteiger partial charge >= 0.3 is 17.9 Å². The van der Waals surface area contributed by atoms with Crippen molar-refractivity contribution in [2.45, 2.75) is 116 Å². The maximum absolute atomic E-state index is 14.5. The number of esters is 3. The van der Waals surface area contributed by atoms with Crippen LogP contribution in [0.1, 0.15) is 68.7 Å². The van der Waals surface area contributed by atoms with Gasteiger partial charge in [0.2, 0.25) is 0 Å². The number of epoxide rings is 2. The van der Waals surface area contributed by atoms with Gasteiger partial charge in [0.05, 0.1) is 12.0 Å². The lowest BCUT2D eigenvalue weighted by atomic mass is 9.80. The highest BCUT2D eigenvalue weighted by molar-refractivity contribution is 5.96. The summed E-state index contributed by atoms with van der Waals surface area (Å²) < 4.78 is 35.7. The van der Waals surface area contributed by atoms with E-state index in [1.165, 1.54) is 13.8 Å². The lowest BCUT2D eigenvalue weighted by molar-refractivity contribution is -0.162. The summed E-state index contributed by atoms with van der Waals surface area (Å²) in [6.45, 7) is 15.8. The maximum Gasteiger partial charge on any atom is 0.341 e. The van der Waals surface area contributed by atoms with Crippen LogP contribution in [-0.2, 0) is 47.6 Å². The van der Waals surface area contributed by atoms with Crippen LogP contribution in [0.3, 0.4) is 0 Å². The number of ether oxygens (including phenoxy) is 6. The van der Waals surface area contributed by atoms with Gasteiger partial charge in [0.15, 0.2) is 22.6 Å². The average molecular weight is 563 g/mol. The zero-order chi connectivity index (χ0) is 29.7. The van der Waals surface area contributed by atoms with Gasteiger partial charge in [0, 0.05) is 32.8 Å². The van der Waals surface area contributed by atoms with Crippen molar-refractivity contribution >= 4 is 23.7 Å². The molecule has 0 spiro atoms. The largest absolute Gasteiger partial charge is 0.459 e. The predicted octanol–water partition coefficient (Wildman–Crippen LogP) is 2.94. The third kappa shape index (κ3) is 4.00. The molecule has 2 aliphatic heterocycles. The molecule has 12 unspecified atom stereocenters. The number of hydrogen-bond donors (Lipinski definition) is 0. The summed E-state index contributed by atoms with van der Waals surface area (Å²) in [6.07, 6.45) is -1.08. The van der Waals surface area contributed by atoms with Gasteiger partial charge in [-0.25, -0.2) is 4.79 Å². The standard InChI is InChI=1S/C30H42O10/c1-13-11-30-25(37-18(6)32)14(2)12-29(30,40-30)24(33)15(3)22(38-26(34)28(9)16(4)39-28)19-20(27(19,7)8)23(35-10)21(13)36-17(5)31/h11,14-16,19-23,25H,12H2,1-10H3. The fraction of sp³-hybridized carbons (Fsp3) is 0.800. The van der Waals surface area contributed by atoms with Crippen molar-refractivity contribution in [2.24, 2.45) is 29.1 Å². The van der Waals surface area contributed by atoms with E-state index in [9.17, 15) is 19.2 Å². The molecule has 0 aromatic rings. The Morgan fingerprint density at radius 1 is 0.950 bits per heavy atom. The molecule has 222 valence electrons. The van der Waals surface area contributed by atoms with E-state index in [2.05, 4.69) is 0 Å². The van der Waals surface area contributed by atoms with Crippen LogP contribution in [0.5, 0.6) is 0 Å². The first-order chi connectivity index (χ1) is 18.5. The first kappa shape index (κ1) is 29.2. The Morgan fingerprint density at radius 2 is 1.52 bits per heavy atom. The Kier molecular flexibility index (Phi) is 6.64. The highest BCUT2D eigenvalue weighted by Crippen LogP contribution is 2.69. The summed E-state index contributed by atoms with van der Waals surface area (Å²) in [6, 6.07) is 0. The molecule has 3 aliphatic carbocycles. The van der Waals surface area contributed by atoms with E-state index >= 15 is 0 Å². The fourth-order valence-corrected chi connectivity index (χ4v) is 7.93. The molecule has 2 heterocycles. The predicted molar refractivity (Wildman–Crippen MR) is 140 cm³/mol. The summed E-state index contributed by atoms with van der Waals surface area (Å²) in [5.74, 6) is -3.07. The number of methoxy groups -OCH3 is 1. The lowest BCUT2D eigenvalue weighted by Crippen LogP contribution is -2.44. The van der Waals surface area contributed by atoms with Gasteiger partial charge in [-0.2, -0.15) is 0 Å². The Balaban J connectivity index is 1.64. The van der Waals surface area contributed by atoms with Crippen molar-refractivity contribution in [2.75, 3.05) is 7.11 Å². The monoisotopic (exact) mass is 562 g/mol. The molecule has 4 fully saturated rings. The van der Waals surface area contributed by atoms with Gasteiger partial charge in [0.25, 0.3) is 0 Å². The van der Waals surface area contributed by atoms with Crippen LogP contribution in [0, 0.1) is 29.1 Å². The third-order valence-corrected chi connectivity index (χ3v) is 10.3. The molecule has 0 N–H and O–H groups in total. The number of hydrogen-bond acceptors (Lipinski definition) is 10. The molecule has 12 atom stereocenters. The summed E-state index contributed by atoms with van der Waals surface area (Å²) in [5.41, 5.74) is -3.34. The minimum atomic E-state index is -1.27. The Hall–Kier alpha value is -2.30. The van der Waals surface area contributed by atoms with Gasteiger partial charge in [-0.1, -0.05) is 27.7 Å². The molecule has 0 amide bonds. The van der Waals surface area contributed by atoms with Crippen molar-refractivity contribution in [1.82, 2.24) is 0 Å². The molecule has 10 nitrogen and oxygen atoms in total. The van der Waals surface area contributed by atoms with Gasteiger partial charge in [-0.3, -0.25) is 14.4 Å². The van der Waals surface area contributed by atoms with Gasteiger partial charge in [-0.15, -0.1) is 0 Å². The summed E-state index contributed by atoms with van der Waals surface area (Å²) >= 11 is 0. The minimum Gasteiger partial charge on any atom is -0.459 e. The highest BCUT2D eigenvalue weighted by atomic mass is 16.7. The molecular weight excluding hydrogens is 520 g/mol. The average Bonchev–Trinajstić information content (AvgIpc) is 3.76. The number of rotatable bonds is 5. The first-order valence-electron chi connectivity index (χ1n) is 14.2. The summed E-state index contributed by atoms with van der Waals surface area (Å²) in [5, 5.41) is 0. The smallest absolute Gasteiger partial charge is 0.341 e. The fourth-order valence-electron chi connectivity index (χ4n) is 7.93. The SMILES string of the molecule is COC1C(OC(C)=O)C(C)=CC23OC2(CC(C)C3OC(C)=O)C(=O)C(C)C(OC(=O)C2(C)OC2C)C2C1C2(C)C. The Bertz CT molecular complexity index is 1170. The second kappa shape index (κ2) is 9.10. The van der Waals surface area contributed by atoms with E-state index in [1.54, 1.807) is 34.0 Å². The van der Waals surface area contributed by atoms with Crippen LogP contribution < -0.4 is 0 Å². The van der Waals surface area contributed by atoms with Gasteiger partial charge in [0.1, 0.15) is 24.4 Å². The molecule has 10 heteroatoms. The van der Waals surface area contributed by atoms with Crippen LogP contribution in [0.25, 0.3) is 0 Å². The van der Waals surface area contributed by atoms with Crippen LogP contribution in [0.4, 0.5) is 0 Å². The molecule has 0 aromatic heterocycles. The molecule has 0 bridgehead atoms. The van der Waals surface area contributed by atoms with Gasteiger partial charge < -0.3 is 28.4 Å². The summed E-state index contributed by atoms with van der Waals surface area (Å²) in [4.78, 5) is 52.3. The zero-order valence-electron chi connectivity index (χ0n) is 25.1. The Morgan fingerprint density at radius 3 is 2.05 bits per heavy atom. The number of fused-ring (bicyclic) bond motifs is 1. The molecule has 2 saturated heterocycles. The summed E-state index contributed by atoms with van der Waals surface area (Å²) in [7, 11) is 1.56. The molecule has 2 saturated carbocycles. The Labute approximate surface area is 235 Å². The molecule has 5 aliphatic rings. The number of ketones is 1. The van der Waals surface area contributed by atoms with E-state index in [0.717, 1.165) is 0 Å². The lowest BCUT2D eigenvalue weighted by Gasteiger charge is -2.30. The molecule has 0 radical (unpaired) electrons.